The molecule has 2 rings (SSSR count). The first-order valence-electron chi connectivity index (χ1n) is 6.17. The molecule has 1 heterocycles. The van der Waals surface area contributed by atoms with Gasteiger partial charge < -0.3 is 5.32 Å². The quantitative estimate of drug-likeness (QED) is 0.861. The van der Waals surface area contributed by atoms with Gasteiger partial charge in [0, 0.05) is 6.04 Å². The van der Waals surface area contributed by atoms with Gasteiger partial charge in [-0.2, -0.15) is 0 Å². The Labute approximate surface area is 123 Å². The Hall–Kier alpha value is -0.260. The van der Waals surface area contributed by atoms with Gasteiger partial charge in [-0.1, -0.05) is 37.0 Å². The van der Waals surface area contributed by atoms with Gasteiger partial charge in [0.2, 0.25) is 5.91 Å². The van der Waals surface area contributed by atoms with Crippen LogP contribution in [0.25, 0.3) is 0 Å². The molecule has 1 N–H and O–H groups in total. The summed E-state index contributed by atoms with van der Waals surface area (Å²) in [6.45, 7) is 3.95. The topological polar surface area (TPSA) is 63.2 Å². The van der Waals surface area contributed by atoms with E-state index >= 15 is 0 Å². The second-order valence-corrected chi connectivity index (χ2v) is 9.13. The van der Waals surface area contributed by atoms with Crippen LogP contribution in [0.5, 0.6) is 0 Å². The van der Waals surface area contributed by atoms with Crippen LogP contribution in [-0.4, -0.2) is 31.9 Å². The molecule has 0 aromatic rings. The molecule has 1 saturated heterocycles. The number of allylic oxidation sites excluding steroid dienone is 1. The van der Waals surface area contributed by atoms with E-state index in [1.807, 2.05) is 13.8 Å². The van der Waals surface area contributed by atoms with Crippen LogP contribution in [-0.2, 0) is 14.6 Å². The van der Waals surface area contributed by atoms with Crippen LogP contribution >= 0.6 is 23.2 Å². The predicted molar refractivity (Wildman–Crippen MR) is 75.8 cm³/mol. The molecule has 0 radical (unpaired) electrons. The fourth-order valence-corrected chi connectivity index (χ4v) is 4.77. The van der Waals surface area contributed by atoms with Gasteiger partial charge in [-0.3, -0.25) is 4.79 Å². The number of rotatable bonds is 3. The second-order valence-electron chi connectivity index (χ2n) is 5.89. The molecule has 0 bridgehead atoms. The maximum atomic E-state index is 12.2. The summed E-state index contributed by atoms with van der Waals surface area (Å²) in [5, 5.41) is 2.82. The van der Waals surface area contributed by atoms with Crippen LogP contribution in [0.15, 0.2) is 10.6 Å². The SMILES string of the molecule is CC1(C)[C@H](C=C(Cl)Cl)[C@@H]1C(=O)N[C@H]1CCS(=O)(=O)C1. The average molecular weight is 326 g/mol. The van der Waals surface area contributed by atoms with Crippen LogP contribution in [0.2, 0.25) is 0 Å². The normalized spacial score (nSPS) is 34.6. The Morgan fingerprint density at radius 1 is 1.37 bits per heavy atom. The van der Waals surface area contributed by atoms with E-state index in [1.54, 1.807) is 6.08 Å². The van der Waals surface area contributed by atoms with Gasteiger partial charge in [0.05, 0.1) is 17.4 Å². The Kier molecular flexibility index (Phi) is 3.93. The van der Waals surface area contributed by atoms with E-state index in [-0.39, 0.29) is 45.2 Å². The molecule has 7 heteroatoms. The van der Waals surface area contributed by atoms with Crippen molar-refractivity contribution in [2.24, 2.45) is 17.3 Å². The highest BCUT2D eigenvalue weighted by molar-refractivity contribution is 7.91. The first-order chi connectivity index (χ1) is 8.63. The fourth-order valence-electron chi connectivity index (χ4n) is 2.83. The number of carbonyl (C=O) groups is 1. The molecular weight excluding hydrogens is 309 g/mol. The minimum Gasteiger partial charge on any atom is -0.352 e. The lowest BCUT2D eigenvalue weighted by Gasteiger charge is -2.11. The van der Waals surface area contributed by atoms with E-state index in [4.69, 9.17) is 23.2 Å². The maximum absolute atomic E-state index is 12.2. The van der Waals surface area contributed by atoms with Crippen molar-refractivity contribution in [1.29, 1.82) is 0 Å². The molecule has 108 valence electrons. The standard InChI is InChI=1S/C12H17Cl2NO3S/c1-12(2)8(5-9(13)14)10(12)11(16)15-7-3-4-19(17,18)6-7/h5,7-8,10H,3-4,6H2,1-2H3,(H,15,16)/t7-,8+,10+/m0/s1. The lowest BCUT2D eigenvalue weighted by atomic mass is 10.1. The van der Waals surface area contributed by atoms with Crippen molar-refractivity contribution in [2.75, 3.05) is 11.5 Å². The Morgan fingerprint density at radius 3 is 2.47 bits per heavy atom. The molecule has 0 aromatic heterocycles. The van der Waals surface area contributed by atoms with Gasteiger partial charge in [0.25, 0.3) is 0 Å². The average Bonchev–Trinajstić information content (AvgIpc) is 2.59. The highest BCUT2D eigenvalue weighted by Crippen LogP contribution is 2.59. The number of carbonyl (C=O) groups excluding carboxylic acids is 1. The number of nitrogens with one attached hydrogen (secondary N) is 1. The highest BCUT2D eigenvalue weighted by atomic mass is 35.5. The van der Waals surface area contributed by atoms with E-state index < -0.39 is 9.84 Å². The third-order valence-electron chi connectivity index (χ3n) is 4.08. The van der Waals surface area contributed by atoms with Crippen molar-refractivity contribution in [2.45, 2.75) is 26.3 Å². The molecule has 0 unspecified atom stereocenters. The Balaban J connectivity index is 1.97. The van der Waals surface area contributed by atoms with E-state index in [0.717, 1.165) is 0 Å². The maximum Gasteiger partial charge on any atom is 0.224 e. The molecule has 3 atom stereocenters. The first-order valence-corrected chi connectivity index (χ1v) is 8.75. The van der Waals surface area contributed by atoms with E-state index in [1.165, 1.54) is 0 Å². The van der Waals surface area contributed by atoms with Crippen LogP contribution < -0.4 is 5.32 Å². The summed E-state index contributed by atoms with van der Waals surface area (Å²) in [5.41, 5.74) is -0.184. The molecule has 1 amide bonds. The van der Waals surface area contributed by atoms with Gasteiger partial charge in [-0.15, -0.1) is 0 Å². The zero-order valence-corrected chi connectivity index (χ0v) is 13.1. The summed E-state index contributed by atoms with van der Waals surface area (Å²) >= 11 is 11.3. The molecule has 2 aliphatic rings. The highest BCUT2D eigenvalue weighted by Gasteiger charge is 2.60. The smallest absolute Gasteiger partial charge is 0.224 e. The Morgan fingerprint density at radius 2 is 2.00 bits per heavy atom. The van der Waals surface area contributed by atoms with E-state index in [2.05, 4.69) is 5.32 Å². The molecule has 1 saturated carbocycles. The monoisotopic (exact) mass is 325 g/mol. The fraction of sp³-hybridized carbons (Fsp3) is 0.750. The summed E-state index contributed by atoms with van der Waals surface area (Å²) in [6, 6.07) is -0.259. The number of halogens is 2. The van der Waals surface area contributed by atoms with E-state index in [0.29, 0.717) is 6.42 Å². The Bertz CT molecular complexity index is 523. The lowest BCUT2D eigenvalue weighted by molar-refractivity contribution is -0.123. The lowest BCUT2D eigenvalue weighted by Crippen LogP contribution is -2.37. The zero-order valence-electron chi connectivity index (χ0n) is 10.8. The summed E-state index contributed by atoms with van der Waals surface area (Å²) in [7, 11) is -2.98. The van der Waals surface area contributed by atoms with Crippen molar-refractivity contribution in [3.8, 4) is 0 Å². The minimum atomic E-state index is -2.98. The first kappa shape index (κ1) is 15.1. The minimum absolute atomic E-state index is 0.00973. The second kappa shape index (κ2) is 4.93. The molecule has 2 fully saturated rings. The van der Waals surface area contributed by atoms with Crippen molar-refractivity contribution < 1.29 is 13.2 Å². The summed E-state index contributed by atoms with van der Waals surface area (Å²) in [5.74, 6) is -0.0901. The zero-order chi connectivity index (χ0) is 14.4. The predicted octanol–water partition coefficient (Wildman–Crippen LogP) is 1.88. The number of sulfone groups is 1. The van der Waals surface area contributed by atoms with Crippen LogP contribution in [0.4, 0.5) is 0 Å². The summed E-state index contributed by atoms with van der Waals surface area (Å²) < 4.78 is 22.9. The molecule has 19 heavy (non-hydrogen) atoms. The summed E-state index contributed by atoms with van der Waals surface area (Å²) in [6.07, 6.45) is 2.18. The third-order valence-corrected chi connectivity index (χ3v) is 6.10. The third kappa shape index (κ3) is 3.26. The van der Waals surface area contributed by atoms with Crippen molar-refractivity contribution in [3.05, 3.63) is 10.6 Å². The van der Waals surface area contributed by atoms with Crippen LogP contribution in [0, 0.1) is 17.3 Å². The van der Waals surface area contributed by atoms with Gasteiger partial charge in [-0.25, -0.2) is 8.42 Å². The molecule has 1 aliphatic carbocycles. The van der Waals surface area contributed by atoms with Gasteiger partial charge in [0.15, 0.2) is 9.84 Å². The van der Waals surface area contributed by atoms with Crippen LogP contribution in [0.1, 0.15) is 20.3 Å². The number of hydrogen-bond acceptors (Lipinski definition) is 3. The van der Waals surface area contributed by atoms with E-state index in [9.17, 15) is 13.2 Å². The molecular formula is C12H17Cl2NO3S. The number of hydrogen-bond donors (Lipinski definition) is 1. The van der Waals surface area contributed by atoms with Crippen molar-refractivity contribution in [1.82, 2.24) is 5.32 Å². The molecule has 0 aromatic carbocycles. The van der Waals surface area contributed by atoms with Gasteiger partial charge in [0.1, 0.15) is 4.49 Å². The molecule has 0 spiro atoms. The van der Waals surface area contributed by atoms with Crippen molar-refractivity contribution in [3.63, 3.8) is 0 Å². The van der Waals surface area contributed by atoms with Gasteiger partial charge in [-0.05, 0) is 23.8 Å². The molecule has 1 aliphatic heterocycles. The number of amides is 1. The van der Waals surface area contributed by atoms with Crippen molar-refractivity contribution >= 4 is 38.9 Å². The van der Waals surface area contributed by atoms with Crippen LogP contribution in [0.3, 0.4) is 0 Å². The summed E-state index contributed by atoms with van der Waals surface area (Å²) in [4.78, 5) is 12.2. The largest absolute Gasteiger partial charge is 0.352 e. The molecule has 4 nitrogen and oxygen atoms in total. The van der Waals surface area contributed by atoms with Gasteiger partial charge >= 0.3 is 0 Å².